The van der Waals surface area contributed by atoms with Crippen molar-refractivity contribution in [1.29, 1.82) is 0 Å². The summed E-state index contributed by atoms with van der Waals surface area (Å²) in [6.45, 7) is 2.06. The molecular formula is C20H23N5O2S. The first kappa shape index (κ1) is 20.0. The van der Waals surface area contributed by atoms with E-state index in [2.05, 4.69) is 25.8 Å². The Morgan fingerprint density at radius 1 is 1.11 bits per heavy atom. The summed E-state index contributed by atoms with van der Waals surface area (Å²) < 4.78 is 26.5. The maximum absolute atomic E-state index is 12.5. The SMILES string of the molecule is C#Cc1ccc(N2CCN(S(=O)(=O)/C=C\CCCc3ncccn3)CC2)nc1. The minimum atomic E-state index is -3.40. The lowest BCUT2D eigenvalue weighted by atomic mass is 10.2. The standard InChI is InChI=1S/C20H23N5O2S/c1-2-18-8-9-20(23-17-18)24-12-14-25(15-13-24)28(26,27)16-5-3-4-7-19-21-10-6-11-22-19/h1,5-6,8-11,16-17H,3-4,7,12-15H2/b16-5-. The van der Waals surface area contributed by atoms with Gasteiger partial charge in [0.15, 0.2) is 0 Å². The largest absolute Gasteiger partial charge is 0.354 e. The number of pyridine rings is 1. The van der Waals surface area contributed by atoms with Gasteiger partial charge in [0.25, 0.3) is 0 Å². The lowest BCUT2D eigenvalue weighted by Gasteiger charge is -2.34. The van der Waals surface area contributed by atoms with E-state index in [-0.39, 0.29) is 0 Å². The number of aromatic nitrogens is 3. The fourth-order valence-electron chi connectivity index (χ4n) is 2.94. The zero-order valence-corrected chi connectivity index (χ0v) is 16.4. The van der Waals surface area contributed by atoms with Crippen LogP contribution in [0.25, 0.3) is 0 Å². The number of rotatable bonds is 7. The molecule has 0 N–H and O–H groups in total. The minimum absolute atomic E-state index is 0.434. The summed E-state index contributed by atoms with van der Waals surface area (Å²) in [4.78, 5) is 14.7. The highest BCUT2D eigenvalue weighted by atomic mass is 32.2. The van der Waals surface area contributed by atoms with Gasteiger partial charge in [0.2, 0.25) is 10.0 Å². The van der Waals surface area contributed by atoms with E-state index in [9.17, 15) is 8.42 Å². The molecule has 0 atom stereocenters. The van der Waals surface area contributed by atoms with E-state index >= 15 is 0 Å². The molecule has 0 saturated carbocycles. The van der Waals surface area contributed by atoms with Crippen LogP contribution >= 0.6 is 0 Å². The highest BCUT2D eigenvalue weighted by Gasteiger charge is 2.25. The van der Waals surface area contributed by atoms with Crippen molar-refractivity contribution in [2.75, 3.05) is 31.1 Å². The molecule has 1 aliphatic rings. The molecule has 8 heteroatoms. The summed E-state index contributed by atoms with van der Waals surface area (Å²) in [6, 6.07) is 5.49. The maximum Gasteiger partial charge on any atom is 0.236 e. The van der Waals surface area contributed by atoms with Crippen molar-refractivity contribution >= 4 is 15.8 Å². The molecule has 1 aliphatic heterocycles. The van der Waals surface area contributed by atoms with Crippen molar-refractivity contribution in [3.8, 4) is 12.3 Å². The van der Waals surface area contributed by atoms with Gasteiger partial charge in [0.05, 0.1) is 0 Å². The Kier molecular flexibility index (Phi) is 6.74. The second-order valence-corrected chi connectivity index (χ2v) is 8.23. The van der Waals surface area contributed by atoms with E-state index in [0.717, 1.165) is 30.0 Å². The number of nitrogens with zero attached hydrogens (tertiary/aromatic N) is 5. The first-order valence-corrected chi connectivity index (χ1v) is 10.7. The number of hydrogen-bond donors (Lipinski definition) is 0. The van der Waals surface area contributed by atoms with Crippen LogP contribution in [0.2, 0.25) is 0 Å². The molecule has 7 nitrogen and oxygen atoms in total. The average Bonchev–Trinajstić information content (AvgIpc) is 2.74. The quantitative estimate of drug-likeness (QED) is 0.524. The number of piperazine rings is 1. The third-order valence-electron chi connectivity index (χ3n) is 4.50. The number of sulfonamides is 1. The summed E-state index contributed by atoms with van der Waals surface area (Å²) in [7, 11) is -3.40. The minimum Gasteiger partial charge on any atom is -0.354 e. The summed E-state index contributed by atoms with van der Waals surface area (Å²) in [5, 5.41) is 1.31. The first-order valence-electron chi connectivity index (χ1n) is 9.19. The summed E-state index contributed by atoms with van der Waals surface area (Å²) in [5.74, 6) is 4.13. The molecule has 0 amide bonds. The van der Waals surface area contributed by atoms with E-state index < -0.39 is 10.0 Å². The van der Waals surface area contributed by atoms with Crippen molar-refractivity contribution in [3.63, 3.8) is 0 Å². The second-order valence-electron chi connectivity index (χ2n) is 6.41. The monoisotopic (exact) mass is 397 g/mol. The molecule has 3 heterocycles. The number of aryl methyl sites for hydroxylation is 1. The molecule has 0 unspecified atom stereocenters. The molecule has 146 valence electrons. The van der Waals surface area contributed by atoms with Crippen LogP contribution in [0.4, 0.5) is 5.82 Å². The van der Waals surface area contributed by atoms with Gasteiger partial charge in [-0.3, -0.25) is 0 Å². The molecule has 1 fully saturated rings. The molecule has 3 rings (SSSR count). The molecular weight excluding hydrogens is 374 g/mol. The topological polar surface area (TPSA) is 79.3 Å². The number of unbranched alkanes of at least 4 members (excludes halogenated alkanes) is 1. The molecule has 28 heavy (non-hydrogen) atoms. The maximum atomic E-state index is 12.5. The van der Waals surface area contributed by atoms with Gasteiger partial charge in [0.1, 0.15) is 11.6 Å². The van der Waals surface area contributed by atoms with Gasteiger partial charge in [-0.1, -0.05) is 12.0 Å². The highest BCUT2D eigenvalue weighted by Crippen LogP contribution is 2.16. The number of allylic oxidation sites excluding steroid dienone is 1. The van der Waals surface area contributed by atoms with E-state index in [1.54, 1.807) is 30.7 Å². The van der Waals surface area contributed by atoms with Crippen molar-refractivity contribution in [1.82, 2.24) is 19.3 Å². The summed E-state index contributed by atoms with van der Waals surface area (Å²) in [5.41, 5.74) is 0.730. The van der Waals surface area contributed by atoms with Crippen LogP contribution in [0.1, 0.15) is 24.2 Å². The lowest BCUT2D eigenvalue weighted by molar-refractivity contribution is 0.388. The summed E-state index contributed by atoms with van der Waals surface area (Å²) >= 11 is 0. The van der Waals surface area contributed by atoms with Crippen LogP contribution < -0.4 is 4.90 Å². The van der Waals surface area contributed by atoms with Crippen molar-refractivity contribution in [2.24, 2.45) is 0 Å². The summed E-state index contributed by atoms with van der Waals surface area (Å²) in [6.07, 6.45) is 14.3. The van der Waals surface area contributed by atoms with Gasteiger partial charge in [-0.2, -0.15) is 4.31 Å². The van der Waals surface area contributed by atoms with E-state index in [0.29, 0.717) is 32.6 Å². The van der Waals surface area contributed by atoms with Gasteiger partial charge < -0.3 is 4.90 Å². The first-order chi connectivity index (χ1) is 13.6. The third kappa shape index (κ3) is 5.38. The number of terminal acetylenes is 1. The average molecular weight is 398 g/mol. The predicted molar refractivity (Wildman–Crippen MR) is 109 cm³/mol. The van der Waals surface area contributed by atoms with Gasteiger partial charge in [-0.05, 0) is 31.0 Å². The molecule has 0 aromatic carbocycles. The number of hydrogen-bond acceptors (Lipinski definition) is 6. The highest BCUT2D eigenvalue weighted by molar-refractivity contribution is 7.92. The molecule has 1 saturated heterocycles. The molecule has 2 aromatic rings. The van der Waals surface area contributed by atoms with Crippen molar-refractivity contribution in [3.05, 3.63) is 59.7 Å². The Balaban J connectivity index is 1.46. The van der Waals surface area contributed by atoms with Crippen LogP contribution in [0.15, 0.2) is 48.3 Å². The van der Waals surface area contributed by atoms with Crippen LogP contribution in [0, 0.1) is 12.3 Å². The van der Waals surface area contributed by atoms with Gasteiger partial charge in [0, 0.05) is 62.2 Å². The van der Waals surface area contributed by atoms with Crippen LogP contribution in [0.3, 0.4) is 0 Å². The van der Waals surface area contributed by atoms with Crippen LogP contribution in [-0.4, -0.2) is 53.9 Å². The number of anilines is 1. The van der Waals surface area contributed by atoms with Gasteiger partial charge in [-0.25, -0.2) is 23.4 Å². The van der Waals surface area contributed by atoms with Crippen LogP contribution in [0.5, 0.6) is 0 Å². The van der Waals surface area contributed by atoms with E-state index in [1.807, 2.05) is 12.1 Å². The molecule has 0 radical (unpaired) electrons. The fourth-order valence-corrected chi connectivity index (χ4v) is 4.17. The Hall–Kier alpha value is -2.76. The zero-order chi connectivity index (χ0) is 19.8. The van der Waals surface area contributed by atoms with Crippen molar-refractivity contribution in [2.45, 2.75) is 19.3 Å². The Morgan fingerprint density at radius 3 is 2.50 bits per heavy atom. The lowest BCUT2D eigenvalue weighted by Crippen LogP contribution is -2.48. The second kappa shape index (κ2) is 9.44. The molecule has 2 aromatic heterocycles. The van der Waals surface area contributed by atoms with Gasteiger partial charge >= 0.3 is 0 Å². The smallest absolute Gasteiger partial charge is 0.236 e. The normalized spacial score (nSPS) is 15.6. The predicted octanol–water partition coefficient (Wildman–Crippen LogP) is 1.84. The Labute approximate surface area is 166 Å². The molecule has 0 bridgehead atoms. The third-order valence-corrected chi connectivity index (χ3v) is 6.12. The molecule has 0 spiro atoms. The zero-order valence-electron chi connectivity index (χ0n) is 15.6. The Bertz CT molecular complexity index is 929. The molecule has 0 aliphatic carbocycles. The van der Waals surface area contributed by atoms with E-state index in [4.69, 9.17) is 6.42 Å². The Morgan fingerprint density at radius 2 is 1.86 bits per heavy atom. The van der Waals surface area contributed by atoms with Gasteiger partial charge in [-0.15, -0.1) is 6.42 Å². The van der Waals surface area contributed by atoms with E-state index in [1.165, 1.54) is 9.71 Å². The fraction of sp³-hybridized carbons (Fsp3) is 0.350. The van der Waals surface area contributed by atoms with Crippen LogP contribution in [-0.2, 0) is 16.4 Å². The van der Waals surface area contributed by atoms with Crippen molar-refractivity contribution < 1.29 is 8.42 Å².